The summed E-state index contributed by atoms with van der Waals surface area (Å²) in [6.45, 7) is 11.4. The highest BCUT2D eigenvalue weighted by atomic mass is 16.6. The van der Waals surface area contributed by atoms with Crippen LogP contribution >= 0.6 is 0 Å². The predicted molar refractivity (Wildman–Crippen MR) is 112 cm³/mol. The van der Waals surface area contributed by atoms with Crippen molar-refractivity contribution in [2.75, 3.05) is 43.4 Å². The summed E-state index contributed by atoms with van der Waals surface area (Å²) in [7, 11) is 0. The molecule has 1 amide bonds. The molecule has 0 aromatic heterocycles. The van der Waals surface area contributed by atoms with Crippen molar-refractivity contribution in [3.63, 3.8) is 0 Å². The van der Waals surface area contributed by atoms with Gasteiger partial charge in [-0.1, -0.05) is 0 Å². The number of carbonyl (C=O) groups excluding carboxylic acids is 1. The number of rotatable bonds is 4. The normalized spacial score (nSPS) is 28.1. The van der Waals surface area contributed by atoms with E-state index >= 15 is 0 Å². The third-order valence-corrected chi connectivity index (χ3v) is 6.41. The number of ether oxygens (including phenoxy) is 1. The fourth-order valence-electron chi connectivity index (χ4n) is 4.85. The Bertz CT molecular complexity index is 679. The van der Waals surface area contributed by atoms with Gasteiger partial charge in [0.1, 0.15) is 5.60 Å². The quantitative estimate of drug-likeness (QED) is 0.779. The summed E-state index contributed by atoms with van der Waals surface area (Å²) >= 11 is 0. The first kappa shape index (κ1) is 19.4. The van der Waals surface area contributed by atoms with Gasteiger partial charge in [-0.15, -0.1) is 0 Å². The second kappa shape index (κ2) is 7.47. The van der Waals surface area contributed by atoms with Crippen LogP contribution in [0.4, 0.5) is 16.2 Å². The first-order valence-electron chi connectivity index (χ1n) is 10.6. The monoisotopic (exact) mass is 386 g/mol. The molecule has 3 aliphatic rings. The zero-order valence-corrected chi connectivity index (χ0v) is 17.4. The number of amides is 1. The molecular weight excluding hydrogens is 352 g/mol. The molecule has 0 spiro atoms. The van der Waals surface area contributed by atoms with Crippen LogP contribution in [-0.2, 0) is 4.74 Å². The molecule has 1 unspecified atom stereocenters. The molecule has 1 saturated carbocycles. The number of benzene rings is 1. The van der Waals surface area contributed by atoms with Crippen molar-refractivity contribution in [1.29, 1.82) is 0 Å². The molecule has 6 heteroatoms. The first-order chi connectivity index (χ1) is 13.3. The highest BCUT2D eigenvalue weighted by Crippen LogP contribution is 2.53. The molecule has 6 nitrogen and oxygen atoms in total. The molecule has 1 aromatic rings. The molecule has 154 valence electrons. The molecule has 3 N–H and O–H groups in total. The lowest BCUT2D eigenvalue weighted by Gasteiger charge is -2.33. The van der Waals surface area contributed by atoms with Crippen LogP contribution < -0.4 is 16.0 Å². The number of fused-ring (bicyclic) bond motifs is 1. The van der Waals surface area contributed by atoms with Gasteiger partial charge in [0, 0.05) is 50.1 Å². The van der Waals surface area contributed by atoms with Gasteiger partial charge in [-0.25, -0.2) is 4.79 Å². The molecule has 3 atom stereocenters. The second-order valence-electron chi connectivity index (χ2n) is 9.71. The van der Waals surface area contributed by atoms with Crippen molar-refractivity contribution in [3.05, 3.63) is 24.3 Å². The summed E-state index contributed by atoms with van der Waals surface area (Å²) in [5.41, 5.74) is 7.49. The molecular formula is C22H34N4O2. The number of likely N-dealkylation sites (tertiary alicyclic amines) is 1. The Morgan fingerprint density at radius 3 is 2.32 bits per heavy atom. The molecule has 28 heavy (non-hydrogen) atoms. The molecule has 3 fully saturated rings. The molecule has 1 aliphatic carbocycles. The topological polar surface area (TPSA) is 70.8 Å². The van der Waals surface area contributed by atoms with Crippen LogP contribution in [0.3, 0.4) is 0 Å². The van der Waals surface area contributed by atoms with Crippen molar-refractivity contribution in [2.45, 2.75) is 45.3 Å². The average Bonchev–Trinajstić information content (AvgIpc) is 3.05. The summed E-state index contributed by atoms with van der Waals surface area (Å²) in [6.07, 6.45) is 1.74. The Morgan fingerprint density at radius 2 is 1.75 bits per heavy atom. The lowest BCUT2D eigenvalue weighted by Crippen LogP contribution is -2.46. The summed E-state index contributed by atoms with van der Waals surface area (Å²) in [5.74, 6) is 2.53. The Balaban J connectivity index is 1.16. The van der Waals surface area contributed by atoms with E-state index in [9.17, 15) is 4.79 Å². The minimum absolute atomic E-state index is 0.241. The van der Waals surface area contributed by atoms with Gasteiger partial charge in [0.05, 0.1) is 0 Å². The number of nitrogens with two attached hydrogens (primary N) is 1. The Labute approximate surface area is 168 Å². The van der Waals surface area contributed by atoms with E-state index in [1.807, 2.05) is 32.9 Å². The summed E-state index contributed by atoms with van der Waals surface area (Å²) < 4.78 is 5.37. The van der Waals surface area contributed by atoms with Gasteiger partial charge >= 0.3 is 6.09 Å². The standard InChI is InChI=1S/C22H34N4O2/c1-22(2,3)28-21(27)24-16-8-10-25(11-9-16)12-18-19-13-26(14-20(18)19)17-6-4-15(23)5-7-17/h4-7,16,18-20H,8-14,23H2,1-3H3,(H,24,27)/t18?,19-,20+. The molecule has 2 heterocycles. The summed E-state index contributed by atoms with van der Waals surface area (Å²) in [5, 5.41) is 3.03. The van der Waals surface area contributed by atoms with Crippen LogP contribution in [0.25, 0.3) is 0 Å². The number of piperidine rings is 2. The maximum atomic E-state index is 11.9. The third-order valence-electron chi connectivity index (χ3n) is 6.41. The Kier molecular flexibility index (Phi) is 5.17. The largest absolute Gasteiger partial charge is 0.444 e. The molecule has 2 aliphatic heterocycles. The third kappa shape index (κ3) is 4.54. The van der Waals surface area contributed by atoms with Crippen LogP contribution in [0.1, 0.15) is 33.6 Å². The highest BCUT2D eigenvalue weighted by Gasteiger charge is 2.55. The number of alkyl carbamates (subject to hydrolysis) is 1. The van der Waals surface area contributed by atoms with Crippen molar-refractivity contribution in [1.82, 2.24) is 10.2 Å². The number of hydrogen-bond donors (Lipinski definition) is 2. The number of hydrogen-bond acceptors (Lipinski definition) is 5. The van der Waals surface area contributed by atoms with E-state index in [-0.39, 0.29) is 12.1 Å². The fraction of sp³-hybridized carbons (Fsp3) is 0.682. The maximum Gasteiger partial charge on any atom is 0.407 e. The lowest BCUT2D eigenvalue weighted by atomic mass is 10.0. The lowest BCUT2D eigenvalue weighted by molar-refractivity contribution is 0.0477. The smallest absolute Gasteiger partial charge is 0.407 e. The molecule has 1 aromatic carbocycles. The zero-order valence-electron chi connectivity index (χ0n) is 17.4. The van der Waals surface area contributed by atoms with Crippen molar-refractivity contribution in [2.24, 2.45) is 17.8 Å². The van der Waals surface area contributed by atoms with E-state index in [0.29, 0.717) is 0 Å². The minimum Gasteiger partial charge on any atom is -0.444 e. The number of carbonyl (C=O) groups is 1. The van der Waals surface area contributed by atoms with E-state index < -0.39 is 5.60 Å². The average molecular weight is 387 g/mol. The van der Waals surface area contributed by atoms with Gasteiger partial charge in [-0.3, -0.25) is 0 Å². The van der Waals surface area contributed by atoms with Gasteiger partial charge in [-0.05, 0) is 75.6 Å². The van der Waals surface area contributed by atoms with Crippen LogP contribution in [0, 0.1) is 17.8 Å². The van der Waals surface area contributed by atoms with Crippen molar-refractivity contribution < 1.29 is 9.53 Å². The van der Waals surface area contributed by atoms with Gasteiger partial charge < -0.3 is 25.6 Å². The van der Waals surface area contributed by atoms with E-state index in [1.54, 1.807) is 0 Å². The Hall–Kier alpha value is -1.95. The molecule has 4 rings (SSSR count). The number of anilines is 2. The highest BCUT2D eigenvalue weighted by molar-refractivity contribution is 5.68. The number of nitrogens with one attached hydrogen (secondary N) is 1. The molecule has 0 radical (unpaired) electrons. The second-order valence-corrected chi connectivity index (χ2v) is 9.71. The van der Waals surface area contributed by atoms with Gasteiger partial charge in [0.25, 0.3) is 0 Å². The summed E-state index contributed by atoms with van der Waals surface area (Å²) in [6, 6.07) is 8.50. The van der Waals surface area contributed by atoms with E-state index in [4.69, 9.17) is 10.5 Å². The number of nitrogen functional groups attached to an aromatic ring is 1. The Morgan fingerprint density at radius 1 is 1.14 bits per heavy atom. The predicted octanol–water partition coefficient (Wildman–Crippen LogP) is 2.94. The zero-order chi connectivity index (χ0) is 19.9. The molecule has 2 saturated heterocycles. The van der Waals surface area contributed by atoms with E-state index in [0.717, 1.165) is 49.4 Å². The van der Waals surface area contributed by atoms with Gasteiger partial charge in [0.2, 0.25) is 0 Å². The van der Waals surface area contributed by atoms with Gasteiger partial charge in [-0.2, -0.15) is 0 Å². The minimum atomic E-state index is -0.436. The summed E-state index contributed by atoms with van der Waals surface area (Å²) in [4.78, 5) is 17.0. The van der Waals surface area contributed by atoms with Gasteiger partial charge in [0.15, 0.2) is 0 Å². The van der Waals surface area contributed by atoms with Crippen molar-refractivity contribution in [3.8, 4) is 0 Å². The molecule has 0 bridgehead atoms. The maximum absolute atomic E-state index is 11.9. The van der Waals surface area contributed by atoms with Crippen LogP contribution in [0.2, 0.25) is 0 Å². The van der Waals surface area contributed by atoms with Crippen LogP contribution in [0.15, 0.2) is 24.3 Å². The SMILES string of the molecule is CC(C)(C)OC(=O)NC1CCN(CC2[C@H]3CN(c4ccc(N)cc4)C[C@@H]23)CC1. The first-order valence-corrected chi connectivity index (χ1v) is 10.6. The van der Waals surface area contributed by atoms with Crippen LogP contribution in [0.5, 0.6) is 0 Å². The van der Waals surface area contributed by atoms with Crippen LogP contribution in [-0.4, -0.2) is 55.4 Å². The number of nitrogens with zero attached hydrogens (tertiary/aromatic N) is 2. The van der Waals surface area contributed by atoms with E-state index in [1.165, 1.54) is 25.3 Å². The van der Waals surface area contributed by atoms with Crippen molar-refractivity contribution >= 4 is 17.5 Å². The van der Waals surface area contributed by atoms with E-state index in [2.05, 4.69) is 27.2 Å². The fourth-order valence-corrected chi connectivity index (χ4v) is 4.85.